The maximum absolute atomic E-state index is 10.8. The molecule has 0 radical (unpaired) electrons. The molecule has 1 rings (SSSR count). The third-order valence-electron chi connectivity index (χ3n) is 1.56. The van der Waals surface area contributed by atoms with E-state index < -0.39 is 5.91 Å². The Labute approximate surface area is 86.2 Å². The van der Waals surface area contributed by atoms with Crippen LogP contribution in [0.3, 0.4) is 0 Å². The zero-order valence-corrected chi connectivity index (χ0v) is 7.77. The maximum Gasteiger partial charge on any atom is 0.248 e. The lowest BCUT2D eigenvalue weighted by Gasteiger charge is -1.99. The summed E-state index contributed by atoms with van der Waals surface area (Å²) >= 11 is 0. The van der Waals surface area contributed by atoms with E-state index in [9.17, 15) is 4.79 Å². The molecule has 0 spiro atoms. The highest BCUT2D eigenvalue weighted by atomic mass is 16.1. The van der Waals surface area contributed by atoms with Gasteiger partial charge in [-0.3, -0.25) is 10.1 Å². The minimum atomic E-state index is -0.543. The van der Waals surface area contributed by atoms with E-state index in [1.807, 2.05) is 0 Å². The van der Waals surface area contributed by atoms with E-state index in [-0.39, 0.29) is 5.96 Å². The quantitative estimate of drug-likeness (QED) is 0.267. The van der Waals surface area contributed by atoms with Gasteiger partial charge in [0.2, 0.25) is 11.9 Å². The van der Waals surface area contributed by atoms with Gasteiger partial charge in [0, 0.05) is 5.56 Å². The van der Waals surface area contributed by atoms with Crippen LogP contribution in [0.15, 0.2) is 29.3 Å². The second kappa shape index (κ2) is 4.62. The number of primary amides is 1. The van der Waals surface area contributed by atoms with E-state index >= 15 is 0 Å². The second-order valence-corrected chi connectivity index (χ2v) is 2.65. The van der Waals surface area contributed by atoms with Gasteiger partial charge in [-0.05, 0) is 18.2 Å². The first-order chi connectivity index (χ1) is 7.13. The normalized spacial score (nSPS) is 10.5. The average molecular weight is 203 g/mol. The molecule has 6 heteroatoms. The highest BCUT2D eigenvalue weighted by molar-refractivity contribution is 5.94. The number of nitrogens with zero attached hydrogens (tertiary/aromatic N) is 2. The van der Waals surface area contributed by atoms with E-state index in [2.05, 4.69) is 10.3 Å². The molecule has 0 aliphatic heterocycles. The predicted octanol–water partition coefficient (Wildman–Crippen LogP) is -0.198. The molecule has 15 heavy (non-hydrogen) atoms. The monoisotopic (exact) mass is 203 g/mol. The summed E-state index contributed by atoms with van der Waals surface area (Å²) in [5.41, 5.74) is 11.2. The van der Waals surface area contributed by atoms with Gasteiger partial charge in [-0.1, -0.05) is 6.07 Å². The van der Waals surface area contributed by atoms with Crippen LogP contribution in [0.2, 0.25) is 0 Å². The molecule has 0 bridgehead atoms. The van der Waals surface area contributed by atoms with Gasteiger partial charge >= 0.3 is 0 Å². The topological polar surface area (TPSA) is 117 Å². The van der Waals surface area contributed by atoms with Crippen molar-refractivity contribution < 1.29 is 4.79 Å². The smallest absolute Gasteiger partial charge is 0.248 e. The second-order valence-electron chi connectivity index (χ2n) is 2.65. The summed E-state index contributed by atoms with van der Waals surface area (Å²) < 4.78 is 0. The summed E-state index contributed by atoms with van der Waals surface area (Å²) in [6.45, 7) is 0. The van der Waals surface area contributed by atoms with Gasteiger partial charge in [0.05, 0.1) is 5.69 Å². The fourth-order valence-electron chi connectivity index (χ4n) is 0.953. The number of nitriles is 1. The SMILES string of the molecule is N#CNC(N)=Nc1cccc(C(N)=O)c1. The van der Waals surface area contributed by atoms with Gasteiger partial charge in [-0.2, -0.15) is 5.26 Å². The molecule has 0 aromatic heterocycles. The van der Waals surface area contributed by atoms with E-state index in [1.165, 1.54) is 6.07 Å². The first kappa shape index (κ1) is 10.5. The van der Waals surface area contributed by atoms with Crippen LogP contribution in [0.5, 0.6) is 0 Å². The van der Waals surface area contributed by atoms with Crippen molar-refractivity contribution in [2.45, 2.75) is 0 Å². The number of benzene rings is 1. The summed E-state index contributed by atoms with van der Waals surface area (Å²) in [5, 5.41) is 10.4. The molecule has 5 N–H and O–H groups in total. The van der Waals surface area contributed by atoms with E-state index in [0.29, 0.717) is 11.3 Å². The Balaban J connectivity index is 2.97. The molecule has 0 saturated heterocycles. The Morgan fingerprint density at radius 1 is 1.47 bits per heavy atom. The Morgan fingerprint density at radius 3 is 2.80 bits per heavy atom. The molecular weight excluding hydrogens is 194 g/mol. The van der Waals surface area contributed by atoms with Crippen molar-refractivity contribution in [3.05, 3.63) is 29.8 Å². The molecule has 0 aliphatic rings. The van der Waals surface area contributed by atoms with E-state index in [0.717, 1.165) is 0 Å². The average Bonchev–Trinajstić information content (AvgIpc) is 2.18. The molecule has 1 aromatic carbocycles. The van der Waals surface area contributed by atoms with Crippen molar-refractivity contribution in [2.75, 3.05) is 0 Å². The number of nitrogens with one attached hydrogen (secondary N) is 1. The number of guanidine groups is 1. The molecule has 1 aromatic rings. The summed E-state index contributed by atoms with van der Waals surface area (Å²) in [5.74, 6) is -0.585. The van der Waals surface area contributed by atoms with Crippen LogP contribution in [0.4, 0.5) is 5.69 Å². The lowest BCUT2D eigenvalue weighted by molar-refractivity contribution is 0.100. The summed E-state index contributed by atoms with van der Waals surface area (Å²) in [6.07, 6.45) is 1.63. The van der Waals surface area contributed by atoms with Crippen LogP contribution in [-0.4, -0.2) is 11.9 Å². The number of rotatable bonds is 2. The van der Waals surface area contributed by atoms with Crippen molar-refractivity contribution in [1.82, 2.24) is 5.32 Å². The van der Waals surface area contributed by atoms with Crippen LogP contribution in [0.1, 0.15) is 10.4 Å². The first-order valence-electron chi connectivity index (χ1n) is 4.02. The van der Waals surface area contributed by atoms with Crippen molar-refractivity contribution in [3.63, 3.8) is 0 Å². The van der Waals surface area contributed by atoms with Crippen LogP contribution in [-0.2, 0) is 0 Å². The van der Waals surface area contributed by atoms with Gasteiger partial charge in [0.15, 0.2) is 6.19 Å². The standard InChI is InChI=1S/C9H9N5O/c10-5-13-9(12)14-7-3-1-2-6(4-7)8(11)15/h1-4H,(H2,11,15)(H3,12,13,14). The molecule has 0 heterocycles. The lowest BCUT2D eigenvalue weighted by atomic mass is 10.2. The number of nitrogens with two attached hydrogens (primary N) is 2. The Kier molecular flexibility index (Phi) is 3.24. The van der Waals surface area contributed by atoms with Crippen LogP contribution in [0, 0.1) is 11.5 Å². The fourth-order valence-corrected chi connectivity index (χ4v) is 0.953. The molecule has 0 atom stereocenters. The molecule has 0 aliphatic carbocycles. The van der Waals surface area contributed by atoms with Crippen LogP contribution in [0.25, 0.3) is 0 Å². The first-order valence-corrected chi connectivity index (χ1v) is 4.02. The van der Waals surface area contributed by atoms with Crippen molar-refractivity contribution in [1.29, 1.82) is 5.26 Å². The largest absolute Gasteiger partial charge is 0.369 e. The van der Waals surface area contributed by atoms with Gasteiger partial charge in [0.25, 0.3) is 0 Å². The highest BCUT2D eigenvalue weighted by Gasteiger charge is 2.00. The molecular formula is C9H9N5O. The third kappa shape index (κ3) is 3.00. The van der Waals surface area contributed by atoms with Crippen LogP contribution >= 0.6 is 0 Å². The van der Waals surface area contributed by atoms with Crippen LogP contribution < -0.4 is 16.8 Å². The molecule has 0 fully saturated rings. The van der Waals surface area contributed by atoms with Crippen molar-refractivity contribution >= 4 is 17.6 Å². The van der Waals surface area contributed by atoms with Crippen molar-refractivity contribution in [3.8, 4) is 6.19 Å². The van der Waals surface area contributed by atoms with E-state index in [1.54, 1.807) is 24.4 Å². The minimum absolute atomic E-state index is 0.0425. The summed E-state index contributed by atoms with van der Waals surface area (Å²) in [6, 6.07) is 6.31. The van der Waals surface area contributed by atoms with E-state index in [4.69, 9.17) is 16.7 Å². The zero-order valence-electron chi connectivity index (χ0n) is 7.77. The molecule has 0 saturated carbocycles. The number of amides is 1. The zero-order chi connectivity index (χ0) is 11.3. The minimum Gasteiger partial charge on any atom is -0.369 e. The Bertz CT molecular complexity index is 446. The number of carbonyl (C=O) groups excluding carboxylic acids is 1. The number of hydrogen-bond donors (Lipinski definition) is 3. The maximum atomic E-state index is 10.8. The molecule has 0 unspecified atom stereocenters. The number of aliphatic imine (C=N–C) groups is 1. The molecule has 76 valence electrons. The van der Waals surface area contributed by atoms with Crippen molar-refractivity contribution in [2.24, 2.45) is 16.5 Å². The lowest BCUT2D eigenvalue weighted by Crippen LogP contribution is -2.26. The highest BCUT2D eigenvalue weighted by Crippen LogP contribution is 2.13. The van der Waals surface area contributed by atoms with Gasteiger partial charge in [-0.25, -0.2) is 4.99 Å². The predicted molar refractivity (Wildman–Crippen MR) is 55.0 cm³/mol. The molecule has 1 amide bonds. The fraction of sp³-hybridized carbons (Fsp3) is 0. The number of carbonyl (C=O) groups is 1. The molecule has 6 nitrogen and oxygen atoms in total. The third-order valence-corrected chi connectivity index (χ3v) is 1.56. The van der Waals surface area contributed by atoms with Gasteiger partial charge < -0.3 is 11.5 Å². The summed E-state index contributed by atoms with van der Waals surface area (Å²) in [4.78, 5) is 14.7. The number of hydrogen-bond acceptors (Lipinski definition) is 3. The van der Waals surface area contributed by atoms with Gasteiger partial charge in [-0.15, -0.1) is 0 Å². The Morgan fingerprint density at radius 2 is 2.20 bits per heavy atom. The summed E-state index contributed by atoms with van der Waals surface area (Å²) in [7, 11) is 0. The van der Waals surface area contributed by atoms with Gasteiger partial charge in [0.1, 0.15) is 0 Å². The Hall–Kier alpha value is -2.55.